The lowest BCUT2D eigenvalue weighted by molar-refractivity contribution is 0.0934. The molecule has 26 heteroatoms. The van der Waals surface area contributed by atoms with Gasteiger partial charge in [0.05, 0.1) is 63.4 Å². The molecule has 10 heterocycles. The summed E-state index contributed by atoms with van der Waals surface area (Å²) in [7, 11) is 0. The molecule has 0 atom stereocenters. The number of amides is 4. The molecule has 6 aromatic heterocycles. The second kappa shape index (κ2) is 47.2. The van der Waals surface area contributed by atoms with Gasteiger partial charge in [-0.15, -0.1) is 6.58 Å². The van der Waals surface area contributed by atoms with Crippen molar-refractivity contribution in [1.82, 2.24) is 94.8 Å². The Balaban J connectivity index is 0.000000128. The third-order valence-electron chi connectivity index (χ3n) is 25.9. The number of pyridine rings is 1. The number of hydrogen-bond acceptors (Lipinski definition) is 17. The van der Waals surface area contributed by atoms with Gasteiger partial charge >= 0.3 is 0 Å². The summed E-state index contributed by atoms with van der Waals surface area (Å²) in [5.41, 5.74) is 26.3. The summed E-state index contributed by atoms with van der Waals surface area (Å²) in [6, 6.07) is 98.5. The average molecular weight is 1860 g/mol. The summed E-state index contributed by atoms with van der Waals surface area (Å²) < 4.78 is 9.22. The van der Waals surface area contributed by atoms with E-state index in [9.17, 15) is 34.5 Å². The number of benzene rings is 10. The van der Waals surface area contributed by atoms with E-state index in [1.807, 2.05) is 196 Å². The lowest BCUT2D eigenvalue weighted by atomic mass is 9.90. The summed E-state index contributed by atoms with van der Waals surface area (Å²) in [5.74, 6) is -0.420. The number of aromatic nitrogens is 11. The van der Waals surface area contributed by atoms with E-state index < -0.39 is 0 Å². The number of aliphatic hydroxyl groups excluding tert-OH is 3. The van der Waals surface area contributed by atoms with Crippen LogP contribution in [0.5, 0.6) is 0 Å². The van der Waals surface area contributed by atoms with Crippen LogP contribution in [0.15, 0.2) is 322 Å². The number of nitrogens with one attached hydrogen (secondary N) is 4. The van der Waals surface area contributed by atoms with Crippen LogP contribution in [0.4, 0.5) is 0 Å². The van der Waals surface area contributed by atoms with E-state index in [4.69, 9.17) is 0 Å². The molecule has 16 aromatic rings. The SMILES string of the molecule is C=CCn1nc(C(=O)NCc2ccccc2)c2c1CCN(Cc1ccc3ncccc3c1)C2.Cc1ccccc1-c1ccc(CN2CCc3c(c(C(=O)NCc4ccccc4)nn3CCO)C2)cc1.O=C(NCc1ccccc1)c1nn(CCO)c2c1CN(CC(c1ccccc1)c1ccccc1)CC2.O=C(NCc1ccccc1)c1nn(CCO)c2c1CN(Cc1cnn(-c3ccccc3)c1)CC2. The first-order chi connectivity index (χ1) is 68.3. The number of nitrogens with zero attached hydrogens (tertiary/aromatic N) is 15. The number of aryl methyl sites for hydroxylation is 1. The number of carbonyl (C=O) groups is 4. The number of rotatable bonds is 32. The van der Waals surface area contributed by atoms with Gasteiger partial charge in [0.2, 0.25) is 0 Å². The fourth-order valence-electron chi connectivity index (χ4n) is 18.9. The van der Waals surface area contributed by atoms with Crippen molar-refractivity contribution in [3.8, 4) is 16.8 Å². The minimum Gasteiger partial charge on any atom is -0.394 e. The first-order valence-electron chi connectivity index (χ1n) is 47.9. The van der Waals surface area contributed by atoms with E-state index in [1.54, 1.807) is 9.36 Å². The van der Waals surface area contributed by atoms with E-state index in [-0.39, 0.29) is 49.4 Å². The van der Waals surface area contributed by atoms with Crippen LogP contribution < -0.4 is 21.3 Å². The van der Waals surface area contributed by atoms with Crippen molar-refractivity contribution in [3.63, 3.8) is 0 Å². The molecule has 20 rings (SSSR count). The number of fused-ring (bicyclic) bond motifs is 5. The van der Waals surface area contributed by atoms with Crippen LogP contribution in [0.1, 0.15) is 149 Å². The van der Waals surface area contributed by atoms with Crippen LogP contribution in [0.2, 0.25) is 0 Å². The van der Waals surface area contributed by atoms with Gasteiger partial charge in [0.15, 0.2) is 22.8 Å². The summed E-state index contributed by atoms with van der Waals surface area (Å²) in [5, 5.41) is 64.8. The predicted molar refractivity (Wildman–Crippen MR) is 540 cm³/mol. The second-order valence-electron chi connectivity index (χ2n) is 35.5. The number of hydrogen-bond donors (Lipinski definition) is 7. The van der Waals surface area contributed by atoms with Gasteiger partial charge in [0.25, 0.3) is 23.6 Å². The van der Waals surface area contributed by atoms with Gasteiger partial charge in [0, 0.05) is 205 Å². The van der Waals surface area contributed by atoms with Crippen molar-refractivity contribution in [2.75, 3.05) is 52.5 Å². The first kappa shape index (κ1) is 95.7. The maximum Gasteiger partial charge on any atom is 0.272 e. The van der Waals surface area contributed by atoms with Crippen LogP contribution in [0.25, 0.3) is 27.7 Å². The average Bonchev–Trinajstić information content (AvgIpc) is 1.65. The highest BCUT2D eigenvalue weighted by Crippen LogP contribution is 2.34. The van der Waals surface area contributed by atoms with Crippen molar-refractivity contribution in [3.05, 3.63) is 446 Å². The van der Waals surface area contributed by atoms with Crippen LogP contribution in [0.3, 0.4) is 0 Å². The highest BCUT2D eigenvalue weighted by atomic mass is 16.3. The molecule has 0 saturated heterocycles. The molecule has 7 N–H and O–H groups in total. The van der Waals surface area contributed by atoms with E-state index in [0.29, 0.717) is 101 Å². The molecule has 4 amide bonds. The maximum atomic E-state index is 13.2. The Hall–Kier alpha value is -15.0. The molecule has 139 heavy (non-hydrogen) atoms. The van der Waals surface area contributed by atoms with Gasteiger partial charge in [-0.3, -0.25) is 62.5 Å². The summed E-state index contributed by atoms with van der Waals surface area (Å²) in [4.78, 5) is 66.3. The first-order valence-corrected chi connectivity index (χ1v) is 47.9. The topological polar surface area (TPSA) is 292 Å². The zero-order valence-corrected chi connectivity index (χ0v) is 78.6. The van der Waals surface area contributed by atoms with Gasteiger partial charge in [-0.1, -0.05) is 267 Å². The van der Waals surface area contributed by atoms with Gasteiger partial charge in [-0.05, 0) is 98.5 Å². The highest BCUT2D eigenvalue weighted by molar-refractivity contribution is 5.96. The molecule has 0 saturated carbocycles. The Morgan fingerprint density at radius 3 is 1.18 bits per heavy atom. The zero-order chi connectivity index (χ0) is 95.6. The van der Waals surface area contributed by atoms with E-state index in [0.717, 1.165) is 167 Å². The summed E-state index contributed by atoms with van der Waals surface area (Å²) in [6.07, 6.45) is 10.8. The Kier molecular flexibility index (Phi) is 32.5. The Morgan fingerprint density at radius 2 is 0.755 bits per heavy atom. The third kappa shape index (κ3) is 24.5. The zero-order valence-electron chi connectivity index (χ0n) is 78.6. The quantitative estimate of drug-likeness (QED) is 0.0193. The van der Waals surface area contributed by atoms with Gasteiger partial charge in [0.1, 0.15) is 0 Å². The van der Waals surface area contributed by atoms with Crippen molar-refractivity contribution in [1.29, 1.82) is 0 Å². The largest absolute Gasteiger partial charge is 0.394 e. The molecule has 4 aliphatic rings. The Labute approximate surface area is 811 Å². The van der Waals surface area contributed by atoms with E-state index in [2.05, 4.69) is 218 Å². The van der Waals surface area contributed by atoms with Crippen molar-refractivity contribution >= 4 is 34.5 Å². The highest BCUT2D eigenvalue weighted by Gasteiger charge is 2.34. The Morgan fingerprint density at radius 1 is 0.388 bits per heavy atom. The number of carbonyl (C=O) groups excluding carboxylic acids is 4. The summed E-state index contributed by atoms with van der Waals surface area (Å²) in [6.45, 7) is 19.0. The molecule has 4 aliphatic heterocycles. The van der Waals surface area contributed by atoms with Crippen LogP contribution in [0, 0.1) is 6.92 Å². The van der Waals surface area contributed by atoms with Crippen molar-refractivity contribution < 1.29 is 34.5 Å². The van der Waals surface area contributed by atoms with Crippen molar-refractivity contribution in [2.24, 2.45) is 0 Å². The van der Waals surface area contributed by atoms with Crippen LogP contribution in [-0.2, 0) is 124 Å². The lowest BCUT2D eigenvalue weighted by Crippen LogP contribution is -2.35. The lowest BCUT2D eigenvalue weighted by Gasteiger charge is -2.31. The molecule has 0 bridgehead atoms. The van der Waals surface area contributed by atoms with Crippen LogP contribution in [-0.4, -0.2) is 165 Å². The van der Waals surface area contributed by atoms with E-state index >= 15 is 0 Å². The summed E-state index contributed by atoms with van der Waals surface area (Å²) >= 11 is 0. The van der Waals surface area contributed by atoms with Crippen LogP contribution >= 0.6 is 0 Å². The smallest absolute Gasteiger partial charge is 0.272 e. The van der Waals surface area contributed by atoms with Gasteiger partial charge < -0.3 is 36.6 Å². The molecule has 0 aliphatic carbocycles. The maximum absolute atomic E-state index is 13.2. The predicted octanol–water partition coefficient (Wildman–Crippen LogP) is 15.0. The second-order valence-corrected chi connectivity index (χ2v) is 35.5. The fraction of sp³-hybridized carbons (Fsp3) is 0.257. The normalized spacial score (nSPS) is 13.5. The van der Waals surface area contributed by atoms with Gasteiger partial charge in [-0.25, -0.2) is 4.68 Å². The molecule has 26 nitrogen and oxygen atoms in total. The molecule has 708 valence electrons. The van der Waals surface area contributed by atoms with Gasteiger partial charge in [-0.2, -0.15) is 25.5 Å². The molecular weight excluding hydrogens is 1740 g/mol. The number of aliphatic hydroxyl groups is 3. The molecule has 10 aromatic carbocycles. The molecule has 0 fully saturated rings. The molecule has 0 spiro atoms. The minimum absolute atomic E-state index is 0.00382. The number of para-hydroxylation sites is 1. The third-order valence-corrected chi connectivity index (χ3v) is 25.9. The monoisotopic (exact) mass is 1850 g/mol. The number of allylic oxidation sites excluding steroid dienone is 1. The standard InChI is InChI=1S/2C30H32N4O2.C27H27N5O.C26H28N6O2/c35-19-18-34-28-16-17-33(21-26(24-12-6-2-7-13-24)25-14-8-3-9-15-25)22-27(28)29(32-34)30(36)31-20-23-10-4-1-5-11-23;1-22-7-5-6-10-26(22)25-13-11-24(12-14-25)20-33-16-15-28-27(21-33)29(32-34(28)17-18-35)30(36)31-19-23-8-3-2-4-9-23;1-2-14-32-25-12-15-31(18-21-10-11-24-22(16-21)9-6-13-28-24)19-23(25)26(30-32)27(33)29-17-20-7-4-3-5-8-20;33-14-13-31-24-11-12-30(17-21-16-28-32(18-21)22-9-5-2-6-10-22)19-23(24)25(29-31)26(34)27-15-20-7-3-1-4-8-20/h1-15,26,35H,16-22H2,(H,31,36);2-14,35H,15-21H2,1H3,(H,31,36);2-11,13,16H,1,12,14-15,17-19H2,(H,29,33);1-10,16,18,33H,11-15,17,19H2,(H,27,34). The minimum atomic E-state index is -0.185. The van der Waals surface area contributed by atoms with E-state index in [1.165, 1.54) is 38.9 Å². The fourth-order valence-corrected chi connectivity index (χ4v) is 18.9. The molecular formula is C113H119N19O7. The molecule has 0 unspecified atom stereocenters. The molecule has 0 radical (unpaired) electrons. The Bertz CT molecular complexity index is 6730. The van der Waals surface area contributed by atoms with Crippen molar-refractivity contribution in [2.45, 2.75) is 137 Å².